The van der Waals surface area contributed by atoms with Crippen molar-refractivity contribution in [1.82, 2.24) is 10.0 Å². The molecule has 0 N–H and O–H groups in total. The SMILES string of the molecule is Cc1nc(-c2ccccc2)oc1C(=O)N1CCCCO1. The summed E-state index contributed by atoms with van der Waals surface area (Å²) in [7, 11) is 0. The van der Waals surface area contributed by atoms with Crippen molar-refractivity contribution >= 4 is 5.91 Å². The molecule has 1 aliphatic heterocycles. The van der Waals surface area contributed by atoms with Crippen LogP contribution in [-0.2, 0) is 4.84 Å². The molecule has 2 aromatic rings. The highest BCUT2D eigenvalue weighted by Gasteiger charge is 2.26. The van der Waals surface area contributed by atoms with Crippen LogP contribution in [0.5, 0.6) is 0 Å². The van der Waals surface area contributed by atoms with Gasteiger partial charge in [0, 0.05) is 12.1 Å². The Labute approximate surface area is 117 Å². The summed E-state index contributed by atoms with van der Waals surface area (Å²) >= 11 is 0. The Morgan fingerprint density at radius 1 is 1.25 bits per heavy atom. The van der Waals surface area contributed by atoms with Crippen LogP contribution < -0.4 is 0 Å². The van der Waals surface area contributed by atoms with Gasteiger partial charge in [0.25, 0.3) is 0 Å². The van der Waals surface area contributed by atoms with E-state index in [0.29, 0.717) is 24.7 Å². The number of rotatable bonds is 2. The van der Waals surface area contributed by atoms with Crippen LogP contribution in [0.15, 0.2) is 34.7 Å². The molecule has 3 rings (SSSR count). The second kappa shape index (κ2) is 5.46. The Kier molecular flexibility index (Phi) is 3.52. The van der Waals surface area contributed by atoms with Crippen molar-refractivity contribution in [1.29, 1.82) is 0 Å². The number of oxazole rings is 1. The van der Waals surface area contributed by atoms with Crippen molar-refractivity contribution in [3.63, 3.8) is 0 Å². The number of hydrogen-bond donors (Lipinski definition) is 0. The molecule has 1 amide bonds. The van der Waals surface area contributed by atoms with Crippen LogP contribution in [0, 0.1) is 6.92 Å². The van der Waals surface area contributed by atoms with Gasteiger partial charge in [0.1, 0.15) is 0 Å². The van der Waals surface area contributed by atoms with E-state index in [0.717, 1.165) is 18.4 Å². The summed E-state index contributed by atoms with van der Waals surface area (Å²) in [5.74, 6) is 0.464. The zero-order valence-electron chi connectivity index (χ0n) is 11.3. The lowest BCUT2D eigenvalue weighted by Crippen LogP contribution is -2.35. The van der Waals surface area contributed by atoms with Crippen molar-refractivity contribution in [3.05, 3.63) is 41.8 Å². The average molecular weight is 272 g/mol. The normalized spacial score (nSPS) is 15.3. The first-order chi connectivity index (χ1) is 9.75. The van der Waals surface area contributed by atoms with E-state index in [4.69, 9.17) is 9.25 Å². The van der Waals surface area contributed by atoms with Crippen LogP contribution in [0.25, 0.3) is 11.5 Å². The molecule has 1 aliphatic rings. The Balaban J connectivity index is 1.87. The Morgan fingerprint density at radius 3 is 2.75 bits per heavy atom. The minimum absolute atomic E-state index is 0.253. The van der Waals surface area contributed by atoms with Gasteiger partial charge >= 0.3 is 5.91 Å². The predicted octanol–water partition coefficient (Wildman–Crippen LogP) is 2.82. The molecule has 1 saturated heterocycles. The van der Waals surface area contributed by atoms with E-state index in [-0.39, 0.29) is 11.7 Å². The maximum atomic E-state index is 12.3. The number of carbonyl (C=O) groups is 1. The summed E-state index contributed by atoms with van der Waals surface area (Å²) in [6.45, 7) is 2.94. The maximum absolute atomic E-state index is 12.3. The van der Waals surface area contributed by atoms with Crippen LogP contribution in [0.1, 0.15) is 29.1 Å². The summed E-state index contributed by atoms with van der Waals surface area (Å²) in [5.41, 5.74) is 1.44. The monoisotopic (exact) mass is 272 g/mol. The third-order valence-electron chi connectivity index (χ3n) is 3.24. The zero-order chi connectivity index (χ0) is 13.9. The molecule has 104 valence electrons. The van der Waals surface area contributed by atoms with E-state index >= 15 is 0 Å². The molecule has 1 fully saturated rings. The van der Waals surface area contributed by atoms with Crippen LogP contribution in [0.4, 0.5) is 0 Å². The number of hydrogen-bond acceptors (Lipinski definition) is 4. The summed E-state index contributed by atoms with van der Waals surface area (Å²) in [4.78, 5) is 22.0. The number of carbonyl (C=O) groups excluding carboxylic acids is 1. The van der Waals surface area contributed by atoms with E-state index < -0.39 is 0 Å². The predicted molar refractivity (Wildman–Crippen MR) is 72.9 cm³/mol. The summed E-state index contributed by atoms with van der Waals surface area (Å²) in [6, 6.07) is 9.54. The van der Waals surface area contributed by atoms with Gasteiger partial charge in [0.05, 0.1) is 12.3 Å². The molecule has 20 heavy (non-hydrogen) atoms. The molecular weight excluding hydrogens is 256 g/mol. The standard InChI is InChI=1S/C15H16N2O3/c1-11-13(15(18)17-9-5-6-10-19-17)20-14(16-11)12-7-3-2-4-8-12/h2-4,7-8H,5-6,9-10H2,1H3. The van der Waals surface area contributed by atoms with E-state index in [1.807, 2.05) is 30.3 Å². The highest BCUT2D eigenvalue weighted by Crippen LogP contribution is 2.23. The molecule has 0 bridgehead atoms. The van der Waals surface area contributed by atoms with Crippen LogP contribution in [0.2, 0.25) is 0 Å². The fourth-order valence-corrected chi connectivity index (χ4v) is 2.17. The van der Waals surface area contributed by atoms with Gasteiger partial charge in [-0.05, 0) is 31.9 Å². The van der Waals surface area contributed by atoms with Crippen molar-refractivity contribution in [2.45, 2.75) is 19.8 Å². The number of aromatic nitrogens is 1. The smallest absolute Gasteiger partial charge is 0.315 e. The molecule has 0 aliphatic carbocycles. The molecule has 2 heterocycles. The summed E-state index contributed by atoms with van der Waals surface area (Å²) in [5, 5.41) is 1.37. The lowest BCUT2D eigenvalue weighted by atomic mass is 10.2. The first-order valence-corrected chi connectivity index (χ1v) is 6.73. The van der Waals surface area contributed by atoms with Crippen molar-refractivity contribution in [2.75, 3.05) is 13.2 Å². The number of hydroxylamine groups is 2. The van der Waals surface area contributed by atoms with Gasteiger partial charge < -0.3 is 4.42 Å². The van der Waals surface area contributed by atoms with Gasteiger partial charge in [0.2, 0.25) is 11.7 Å². The third-order valence-corrected chi connectivity index (χ3v) is 3.24. The van der Waals surface area contributed by atoms with Crippen molar-refractivity contribution < 1.29 is 14.0 Å². The van der Waals surface area contributed by atoms with Gasteiger partial charge in [-0.15, -0.1) is 0 Å². The minimum atomic E-state index is -0.253. The van der Waals surface area contributed by atoms with Gasteiger partial charge in [-0.25, -0.2) is 10.0 Å². The number of amides is 1. The lowest BCUT2D eigenvalue weighted by molar-refractivity contribution is -0.145. The molecule has 0 unspecified atom stereocenters. The minimum Gasteiger partial charge on any atom is -0.431 e. The summed E-state index contributed by atoms with van der Waals surface area (Å²) in [6.07, 6.45) is 1.93. The molecule has 5 heteroatoms. The molecule has 0 saturated carbocycles. The van der Waals surface area contributed by atoms with Crippen LogP contribution in [-0.4, -0.2) is 29.1 Å². The second-order valence-electron chi connectivity index (χ2n) is 4.75. The van der Waals surface area contributed by atoms with Gasteiger partial charge in [0.15, 0.2) is 0 Å². The number of aryl methyl sites for hydroxylation is 1. The zero-order valence-corrected chi connectivity index (χ0v) is 11.3. The van der Waals surface area contributed by atoms with Gasteiger partial charge in [-0.1, -0.05) is 18.2 Å². The van der Waals surface area contributed by atoms with Crippen LogP contribution >= 0.6 is 0 Å². The fraction of sp³-hybridized carbons (Fsp3) is 0.333. The molecule has 0 radical (unpaired) electrons. The first kappa shape index (κ1) is 12.9. The van der Waals surface area contributed by atoms with Gasteiger partial charge in [-0.2, -0.15) is 0 Å². The Hall–Kier alpha value is -2.14. The molecule has 0 atom stereocenters. The topological polar surface area (TPSA) is 55.6 Å². The largest absolute Gasteiger partial charge is 0.431 e. The number of nitrogens with zero attached hydrogens (tertiary/aromatic N) is 2. The molecule has 5 nitrogen and oxygen atoms in total. The molecule has 0 spiro atoms. The first-order valence-electron chi connectivity index (χ1n) is 6.73. The molecular formula is C15H16N2O3. The Morgan fingerprint density at radius 2 is 2.05 bits per heavy atom. The van der Waals surface area contributed by atoms with E-state index in [9.17, 15) is 4.79 Å². The van der Waals surface area contributed by atoms with Crippen molar-refractivity contribution in [3.8, 4) is 11.5 Å². The van der Waals surface area contributed by atoms with E-state index in [1.165, 1.54) is 5.06 Å². The second-order valence-corrected chi connectivity index (χ2v) is 4.75. The fourth-order valence-electron chi connectivity index (χ4n) is 2.17. The van der Waals surface area contributed by atoms with Gasteiger partial charge in [-0.3, -0.25) is 9.63 Å². The molecule has 1 aromatic carbocycles. The lowest BCUT2D eigenvalue weighted by Gasteiger charge is -2.24. The number of benzene rings is 1. The Bertz CT molecular complexity index is 601. The summed E-state index contributed by atoms with van der Waals surface area (Å²) < 4.78 is 5.63. The van der Waals surface area contributed by atoms with Crippen LogP contribution in [0.3, 0.4) is 0 Å². The molecule has 1 aromatic heterocycles. The quantitative estimate of drug-likeness (QED) is 0.843. The van der Waals surface area contributed by atoms with E-state index in [1.54, 1.807) is 6.92 Å². The average Bonchev–Trinajstić information content (AvgIpc) is 2.90. The van der Waals surface area contributed by atoms with E-state index in [2.05, 4.69) is 4.98 Å². The highest BCUT2D eigenvalue weighted by atomic mass is 16.7. The maximum Gasteiger partial charge on any atom is 0.315 e. The van der Waals surface area contributed by atoms with Crippen molar-refractivity contribution in [2.24, 2.45) is 0 Å². The highest BCUT2D eigenvalue weighted by molar-refractivity contribution is 5.92. The third kappa shape index (κ3) is 2.44.